The second-order valence-electron chi connectivity index (χ2n) is 4.40. The van der Waals surface area contributed by atoms with Gasteiger partial charge in [-0.1, -0.05) is 24.6 Å². The van der Waals surface area contributed by atoms with Gasteiger partial charge in [0.25, 0.3) is 0 Å². The molecule has 108 valence electrons. The lowest BCUT2D eigenvalue weighted by atomic mass is 10.1. The fourth-order valence-corrected chi connectivity index (χ4v) is 2.85. The Balaban J connectivity index is 2.38. The van der Waals surface area contributed by atoms with Crippen molar-refractivity contribution < 1.29 is 9.84 Å². The summed E-state index contributed by atoms with van der Waals surface area (Å²) in [5.41, 5.74) is 1.35. The van der Waals surface area contributed by atoms with Gasteiger partial charge in [-0.25, -0.2) is 0 Å². The molecule has 0 saturated heterocycles. The van der Waals surface area contributed by atoms with Gasteiger partial charge in [0.05, 0.1) is 28.5 Å². The average Bonchev–Trinajstić information content (AvgIpc) is 2.79. The first-order chi connectivity index (χ1) is 9.58. The Labute approximate surface area is 131 Å². The van der Waals surface area contributed by atoms with Gasteiger partial charge in [-0.3, -0.25) is 4.68 Å². The molecule has 0 aliphatic carbocycles. The Kier molecular flexibility index (Phi) is 5.07. The minimum absolute atomic E-state index is 0.470. The van der Waals surface area contributed by atoms with Crippen molar-refractivity contribution in [1.29, 1.82) is 0 Å². The number of aromatic nitrogens is 2. The highest BCUT2D eigenvalue weighted by molar-refractivity contribution is 9.10. The van der Waals surface area contributed by atoms with Gasteiger partial charge in [-0.15, -0.1) is 0 Å². The number of hydrogen-bond acceptors (Lipinski definition) is 3. The molecule has 0 spiro atoms. The highest BCUT2D eigenvalue weighted by Crippen LogP contribution is 2.33. The molecule has 0 fully saturated rings. The van der Waals surface area contributed by atoms with E-state index < -0.39 is 6.10 Å². The Hall–Kier alpha value is -1.04. The van der Waals surface area contributed by atoms with Crippen LogP contribution < -0.4 is 4.74 Å². The maximum Gasteiger partial charge on any atom is 0.133 e. The number of methoxy groups -OCH3 is 1. The Bertz CT molecular complexity index is 601. The summed E-state index contributed by atoms with van der Waals surface area (Å²) >= 11 is 9.56. The molecule has 0 radical (unpaired) electrons. The number of rotatable bonds is 5. The van der Waals surface area contributed by atoms with Crippen molar-refractivity contribution in [3.05, 3.63) is 45.1 Å². The lowest BCUT2D eigenvalue weighted by molar-refractivity contribution is 0.207. The van der Waals surface area contributed by atoms with Gasteiger partial charge >= 0.3 is 0 Å². The lowest BCUT2D eigenvalue weighted by Crippen LogP contribution is -2.10. The summed E-state index contributed by atoms with van der Waals surface area (Å²) in [7, 11) is 1.60. The van der Waals surface area contributed by atoms with Crippen LogP contribution in [0.5, 0.6) is 5.75 Å². The monoisotopic (exact) mass is 358 g/mol. The second kappa shape index (κ2) is 6.61. The smallest absolute Gasteiger partial charge is 0.133 e. The molecule has 1 N–H and O–H groups in total. The molecule has 1 heterocycles. The summed E-state index contributed by atoms with van der Waals surface area (Å²) in [6, 6.07) is 5.44. The zero-order valence-electron chi connectivity index (χ0n) is 11.3. The number of hydrogen-bond donors (Lipinski definition) is 1. The molecule has 0 aliphatic heterocycles. The zero-order chi connectivity index (χ0) is 14.7. The summed E-state index contributed by atoms with van der Waals surface area (Å²) in [6.07, 6.45) is 1.66. The van der Waals surface area contributed by atoms with Gasteiger partial charge in [0.1, 0.15) is 11.9 Å². The van der Waals surface area contributed by atoms with Crippen LogP contribution in [0.15, 0.2) is 28.9 Å². The standard InChI is InChI=1S/C14H16BrClN2O2/c1-3-6-18-13(11(16)8-17-18)14(19)9-4-5-12(20-2)10(15)7-9/h4-5,7-8,14,19H,3,6H2,1-2H3. The molecule has 6 heteroatoms. The van der Waals surface area contributed by atoms with E-state index >= 15 is 0 Å². The van der Waals surface area contributed by atoms with Crippen LogP contribution >= 0.6 is 27.5 Å². The van der Waals surface area contributed by atoms with Crippen LogP contribution in [0.2, 0.25) is 5.02 Å². The van der Waals surface area contributed by atoms with Gasteiger partial charge in [0.2, 0.25) is 0 Å². The summed E-state index contributed by atoms with van der Waals surface area (Å²) in [4.78, 5) is 0. The van der Waals surface area contributed by atoms with Crippen molar-refractivity contribution in [3.8, 4) is 5.75 Å². The molecule has 1 atom stereocenters. The van der Waals surface area contributed by atoms with Gasteiger partial charge in [0.15, 0.2) is 0 Å². The third-order valence-corrected chi connectivity index (χ3v) is 3.93. The predicted octanol–water partition coefficient (Wildman–Crippen LogP) is 3.80. The quantitative estimate of drug-likeness (QED) is 0.883. The first-order valence-electron chi connectivity index (χ1n) is 6.31. The summed E-state index contributed by atoms with van der Waals surface area (Å²) in [5, 5.41) is 15.2. The normalized spacial score (nSPS) is 12.4. The molecule has 4 nitrogen and oxygen atoms in total. The van der Waals surface area contributed by atoms with E-state index in [9.17, 15) is 5.11 Å². The topological polar surface area (TPSA) is 47.3 Å². The second-order valence-corrected chi connectivity index (χ2v) is 5.66. The van der Waals surface area contributed by atoms with Crippen LogP contribution in [0.1, 0.15) is 30.7 Å². The molecular formula is C14H16BrClN2O2. The number of ether oxygens (including phenoxy) is 1. The molecule has 0 bridgehead atoms. The maximum atomic E-state index is 10.6. The average molecular weight is 360 g/mol. The third-order valence-electron chi connectivity index (χ3n) is 3.02. The molecule has 20 heavy (non-hydrogen) atoms. The zero-order valence-corrected chi connectivity index (χ0v) is 13.6. The first kappa shape index (κ1) is 15.4. The van der Waals surface area contributed by atoms with E-state index in [0.29, 0.717) is 16.5 Å². The number of benzene rings is 1. The number of aliphatic hydroxyl groups excluding tert-OH is 1. The van der Waals surface area contributed by atoms with E-state index in [1.165, 1.54) is 0 Å². The molecular weight excluding hydrogens is 344 g/mol. The van der Waals surface area contributed by atoms with Crippen molar-refractivity contribution in [1.82, 2.24) is 9.78 Å². The molecule has 0 amide bonds. The van der Waals surface area contributed by atoms with Crippen molar-refractivity contribution in [2.45, 2.75) is 26.0 Å². The third kappa shape index (κ3) is 3.00. The Morgan fingerprint density at radius 3 is 2.85 bits per heavy atom. The maximum absolute atomic E-state index is 10.6. The Morgan fingerprint density at radius 2 is 2.25 bits per heavy atom. The number of halogens is 2. The van der Waals surface area contributed by atoms with Gasteiger partial charge in [-0.2, -0.15) is 5.10 Å². The molecule has 0 aliphatic rings. The molecule has 1 unspecified atom stereocenters. The molecule has 2 aromatic rings. The Morgan fingerprint density at radius 1 is 1.50 bits per heavy atom. The minimum atomic E-state index is -0.821. The highest BCUT2D eigenvalue weighted by Gasteiger charge is 2.20. The molecule has 1 aromatic carbocycles. The van der Waals surface area contributed by atoms with E-state index in [0.717, 1.165) is 23.0 Å². The van der Waals surface area contributed by atoms with Crippen LogP contribution in [0.4, 0.5) is 0 Å². The van der Waals surface area contributed by atoms with Gasteiger partial charge < -0.3 is 9.84 Å². The van der Waals surface area contributed by atoms with Gasteiger partial charge in [-0.05, 0) is 40.0 Å². The van der Waals surface area contributed by atoms with Crippen LogP contribution in [0.3, 0.4) is 0 Å². The molecule has 0 saturated carbocycles. The SMILES string of the molecule is CCCn1ncc(Cl)c1C(O)c1ccc(OC)c(Br)c1. The van der Waals surface area contributed by atoms with E-state index in [1.54, 1.807) is 24.1 Å². The van der Waals surface area contributed by atoms with Gasteiger partial charge in [0, 0.05) is 6.54 Å². The summed E-state index contributed by atoms with van der Waals surface area (Å²) < 4.78 is 7.71. The van der Waals surface area contributed by atoms with Crippen LogP contribution in [-0.4, -0.2) is 22.0 Å². The summed E-state index contributed by atoms with van der Waals surface area (Å²) in [5.74, 6) is 0.717. The minimum Gasteiger partial charge on any atom is -0.496 e. The largest absolute Gasteiger partial charge is 0.496 e. The van der Waals surface area contributed by atoms with E-state index in [2.05, 4.69) is 28.0 Å². The van der Waals surface area contributed by atoms with Crippen molar-refractivity contribution >= 4 is 27.5 Å². The number of aryl methyl sites for hydroxylation is 1. The summed E-state index contributed by atoms with van der Waals surface area (Å²) in [6.45, 7) is 2.77. The van der Waals surface area contributed by atoms with Crippen molar-refractivity contribution in [2.75, 3.05) is 7.11 Å². The highest BCUT2D eigenvalue weighted by atomic mass is 79.9. The van der Waals surface area contributed by atoms with E-state index in [4.69, 9.17) is 16.3 Å². The fourth-order valence-electron chi connectivity index (χ4n) is 2.04. The van der Waals surface area contributed by atoms with Crippen molar-refractivity contribution in [2.24, 2.45) is 0 Å². The molecule has 1 aromatic heterocycles. The van der Waals surface area contributed by atoms with Crippen LogP contribution in [-0.2, 0) is 6.54 Å². The van der Waals surface area contributed by atoms with Crippen LogP contribution in [0, 0.1) is 0 Å². The predicted molar refractivity (Wildman–Crippen MR) is 82.3 cm³/mol. The molecule has 2 rings (SSSR count). The van der Waals surface area contributed by atoms with Crippen molar-refractivity contribution in [3.63, 3.8) is 0 Å². The van der Waals surface area contributed by atoms with E-state index in [-0.39, 0.29) is 0 Å². The first-order valence-corrected chi connectivity index (χ1v) is 7.48. The number of aliphatic hydroxyl groups is 1. The van der Waals surface area contributed by atoms with E-state index in [1.807, 2.05) is 12.1 Å². The number of nitrogens with zero attached hydrogens (tertiary/aromatic N) is 2. The lowest BCUT2D eigenvalue weighted by Gasteiger charge is -2.15. The fraction of sp³-hybridized carbons (Fsp3) is 0.357. The van der Waals surface area contributed by atoms with Crippen LogP contribution in [0.25, 0.3) is 0 Å².